The summed E-state index contributed by atoms with van der Waals surface area (Å²) < 4.78 is 0. The molecule has 0 aliphatic heterocycles. The van der Waals surface area contributed by atoms with E-state index in [0.29, 0.717) is 0 Å². The van der Waals surface area contributed by atoms with Crippen LogP contribution in [0.2, 0.25) is 0 Å². The smallest absolute Gasteiger partial charge is 0.258 e. The van der Waals surface area contributed by atoms with Gasteiger partial charge in [-0.2, -0.15) is 0 Å². The van der Waals surface area contributed by atoms with E-state index in [4.69, 9.17) is 0 Å². The van der Waals surface area contributed by atoms with Gasteiger partial charge < -0.3 is 0 Å². The van der Waals surface area contributed by atoms with Gasteiger partial charge in [-0.05, 0) is 59.2 Å². The summed E-state index contributed by atoms with van der Waals surface area (Å²) in [5.74, 6) is 0. The number of rotatable bonds is 6. The van der Waals surface area contributed by atoms with Gasteiger partial charge in [0.15, 0.2) is 0 Å². The molecule has 0 radical (unpaired) electrons. The highest BCUT2D eigenvalue weighted by atomic mass is 16.6. The largest absolute Gasteiger partial charge is 0.269 e. The van der Waals surface area contributed by atoms with E-state index < -0.39 is 9.85 Å². The third kappa shape index (κ3) is 4.95. The average Bonchev–Trinajstić information content (AvgIpc) is 2.71. The van der Waals surface area contributed by atoms with Crippen molar-refractivity contribution in [2.45, 2.75) is 0 Å². The fourth-order valence-corrected chi connectivity index (χ4v) is 2.45. The van der Waals surface area contributed by atoms with Gasteiger partial charge >= 0.3 is 0 Å². The molecule has 0 bridgehead atoms. The molecule has 1 aromatic heterocycles. The quantitative estimate of drug-likeness (QED) is 0.434. The van der Waals surface area contributed by atoms with Crippen molar-refractivity contribution in [1.82, 2.24) is 4.98 Å². The highest BCUT2D eigenvalue weighted by Crippen LogP contribution is 2.16. The van der Waals surface area contributed by atoms with Gasteiger partial charge in [-0.25, -0.2) is 0 Å². The van der Waals surface area contributed by atoms with Crippen molar-refractivity contribution in [2.75, 3.05) is 0 Å². The molecule has 3 aromatic rings. The molecule has 7 heteroatoms. The first-order valence-corrected chi connectivity index (χ1v) is 8.32. The number of hydrogen-bond acceptors (Lipinski definition) is 5. The van der Waals surface area contributed by atoms with Crippen molar-refractivity contribution in [3.05, 3.63) is 109 Å². The lowest BCUT2D eigenvalue weighted by molar-refractivity contribution is -0.385. The molecule has 0 spiro atoms. The minimum Gasteiger partial charge on any atom is -0.258 e. The van der Waals surface area contributed by atoms with Crippen molar-refractivity contribution in [2.24, 2.45) is 0 Å². The second kappa shape index (κ2) is 8.50. The molecule has 0 fully saturated rings. The molecule has 0 unspecified atom stereocenters. The van der Waals surface area contributed by atoms with Gasteiger partial charge in [0.2, 0.25) is 0 Å². The maximum Gasteiger partial charge on any atom is 0.269 e. The van der Waals surface area contributed by atoms with E-state index in [1.807, 2.05) is 36.4 Å². The molecule has 0 amide bonds. The second-order valence-electron chi connectivity index (χ2n) is 5.88. The molecular weight excluding hydrogens is 358 g/mol. The molecular formula is C21H15N3O4. The van der Waals surface area contributed by atoms with E-state index in [1.165, 1.54) is 24.3 Å². The molecule has 7 nitrogen and oxygen atoms in total. The fraction of sp³-hybridized carbons (Fsp3) is 0. The Morgan fingerprint density at radius 3 is 1.61 bits per heavy atom. The van der Waals surface area contributed by atoms with Crippen LogP contribution in [-0.4, -0.2) is 14.8 Å². The summed E-state index contributed by atoms with van der Waals surface area (Å²) in [4.78, 5) is 24.8. The summed E-state index contributed by atoms with van der Waals surface area (Å²) >= 11 is 0. The SMILES string of the molecule is O=[N+]([O-])c1ccc(/C=C/c2ccnc(/C=C/c3ccc([N+](=O)[O-])cc3)c2)cc1. The first kappa shape index (κ1) is 18.7. The maximum absolute atomic E-state index is 10.7. The van der Waals surface area contributed by atoms with Crippen LogP contribution in [0.15, 0.2) is 66.9 Å². The van der Waals surface area contributed by atoms with Crippen LogP contribution >= 0.6 is 0 Å². The summed E-state index contributed by atoms with van der Waals surface area (Å²) in [5.41, 5.74) is 3.46. The molecule has 138 valence electrons. The highest BCUT2D eigenvalue weighted by Gasteiger charge is 2.03. The first-order valence-electron chi connectivity index (χ1n) is 8.32. The Bertz CT molecular complexity index is 973. The van der Waals surface area contributed by atoms with Crippen LogP contribution in [0, 0.1) is 20.2 Å². The lowest BCUT2D eigenvalue weighted by atomic mass is 10.1. The van der Waals surface area contributed by atoms with Crippen LogP contribution in [0.3, 0.4) is 0 Å². The van der Waals surface area contributed by atoms with Crippen molar-refractivity contribution in [3.63, 3.8) is 0 Å². The molecule has 0 aliphatic carbocycles. The van der Waals surface area contributed by atoms with Crippen molar-refractivity contribution in [3.8, 4) is 0 Å². The van der Waals surface area contributed by atoms with Crippen molar-refractivity contribution >= 4 is 35.7 Å². The van der Waals surface area contributed by atoms with Gasteiger partial charge in [-0.1, -0.05) is 18.2 Å². The molecule has 0 aliphatic rings. The standard InChI is InChI=1S/C21H15N3O4/c25-23(26)20-9-4-16(5-10-20)1-2-18-13-14-22-19(15-18)8-3-17-6-11-21(12-7-17)24(27)28/h1-15H/b2-1+,8-3+. The number of non-ortho nitro benzene ring substituents is 2. The Morgan fingerprint density at radius 1 is 0.643 bits per heavy atom. The molecule has 0 saturated heterocycles. The van der Waals surface area contributed by atoms with Crippen LogP contribution in [-0.2, 0) is 0 Å². The van der Waals surface area contributed by atoms with Gasteiger partial charge in [0.1, 0.15) is 0 Å². The summed E-state index contributed by atoms with van der Waals surface area (Å²) in [7, 11) is 0. The van der Waals surface area contributed by atoms with Gasteiger partial charge in [-0.15, -0.1) is 0 Å². The third-order valence-electron chi connectivity index (χ3n) is 3.93. The zero-order chi connectivity index (χ0) is 19.9. The van der Waals surface area contributed by atoms with Crippen LogP contribution < -0.4 is 0 Å². The van der Waals surface area contributed by atoms with Gasteiger partial charge in [0.05, 0.1) is 15.5 Å². The monoisotopic (exact) mass is 373 g/mol. The number of nitrogens with zero attached hydrogens (tertiary/aromatic N) is 3. The minimum atomic E-state index is -0.435. The van der Waals surface area contributed by atoms with E-state index in [9.17, 15) is 20.2 Å². The normalized spacial score (nSPS) is 11.1. The minimum absolute atomic E-state index is 0.0497. The van der Waals surface area contributed by atoms with Crippen LogP contribution in [0.25, 0.3) is 24.3 Å². The number of aromatic nitrogens is 1. The Morgan fingerprint density at radius 2 is 1.11 bits per heavy atom. The predicted molar refractivity (Wildman–Crippen MR) is 108 cm³/mol. The van der Waals surface area contributed by atoms with Gasteiger partial charge in [0, 0.05) is 30.5 Å². The van der Waals surface area contributed by atoms with E-state index in [2.05, 4.69) is 4.98 Å². The summed E-state index contributed by atoms with van der Waals surface area (Å²) in [6, 6.07) is 16.3. The number of pyridine rings is 1. The van der Waals surface area contributed by atoms with E-state index in [0.717, 1.165) is 22.4 Å². The summed E-state index contributed by atoms with van der Waals surface area (Å²) in [6.07, 6.45) is 9.10. The number of benzene rings is 2. The average molecular weight is 373 g/mol. The Hall–Kier alpha value is -4.13. The van der Waals surface area contributed by atoms with E-state index in [-0.39, 0.29) is 11.4 Å². The predicted octanol–water partition coefficient (Wildman–Crippen LogP) is 5.24. The second-order valence-corrected chi connectivity index (χ2v) is 5.88. The van der Waals surface area contributed by atoms with Gasteiger partial charge in [-0.3, -0.25) is 25.2 Å². The molecule has 0 atom stereocenters. The van der Waals surface area contributed by atoms with E-state index in [1.54, 1.807) is 30.5 Å². The van der Waals surface area contributed by atoms with Crippen LogP contribution in [0.5, 0.6) is 0 Å². The molecule has 3 rings (SSSR count). The van der Waals surface area contributed by atoms with E-state index >= 15 is 0 Å². The molecule has 2 aromatic carbocycles. The third-order valence-corrected chi connectivity index (χ3v) is 3.93. The Kier molecular flexibility index (Phi) is 5.66. The lowest BCUT2D eigenvalue weighted by Crippen LogP contribution is -1.87. The molecule has 0 N–H and O–H groups in total. The number of nitro groups is 2. The zero-order valence-corrected chi connectivity index (χ0v) is 14.6. The van der Waals surface area contributed by atoms with Crippen molar-refractivity contribution in [1.29, 1.82) is 0 Å². The van der Waals surface area contributed by atoms with Crippen LogP contribution in [0.4, 0.5) is 11.4 Å². The molecule has 0 saturated carbocycles. The Balaban J connectivity index is 1.71. The van der Waals surface area contributed by atoms with Crippen LogP contribution in [0.1, 0.15) is 22.4 Å². The fourth-order valence-electron chi connectivity index (χ4n) is 2.45. The molecule has 28 heavy (non-hydrogen) atoms. The van der Waals surface area contributed by atoms with Crippen molar-refractivity contribution < 1.29 is 9.85 Å². The highest BCUT2D eigenvalue weighted by molar-refractivity contribution is 5.73. The van der Waals surface area contributed by atoms with Gasteiger partial charge in [0.25, 0.3) is 11.4 Å². The first-order chi connectivity index (χ1) is 13.5. The number of nitro benzene ring substituents is 2. The summed E-state index contributed by atoms with van der Waals surface area (Å²) in [5, 5.41) is 21.4. The maximum atomic E-state index is 10.7. The Labute approximate surface area is 160 Å². The summed E-state index contributed by atoms with van der Waals surface area (Å²) in [6.45, 7) is 0. The lowest BCUT2D eigenvalue weighted by Gasteiger charge is -1.98. The number of hydrogen-bond donors (Lipinski definition) is 0. The molecule has 1 heterocycles. The topological polar surface area (TPSA) is 99.2 Å². The zero-order valence-electron chi connectivity index (χ0n) is 14.6.